The Morgan fingerprint density at radius 2 is 2.05 bits per heavy atom. The minimum atomic E-state index is 0.464. The summed E-state index contributed by atoms with van der Waals surface area (Å²) < 4.78 is 2.78. The maximum atomic E-state index is 5.91. The van der Waals surface area contributed by atoms with Gasteiger partial charge in [-0.2, -0.15) is 5.10 Å². The summed E-state index contributed by atoms with van der Waals surface area (Å²) in [5, 5.41) is 4.16. The van der Waals surface area contributed by atoms with Gasteiger partial charge in [0, 0.05) is 35.8 Å². The SMILES string of the molecule is Cn1cc(-c2cc(N)nc(Cc3ccccc3Br)n2)cn1. The van der Waals surface area contributed by atoms with Gasteiger partial charge in [-0.15, -0.1) is 0 Å². The second-order valence-electron chi connectivity index (χ2n) is 4.77. The maximum Gasteiger partial charge on any atom is 0.135 e. The smallest absolute Gasteiger partial charge is 0.135 e. The Balaban J connectivity index is 1.97. The number of rotatable bonds is 3. The number of anilines is 1. The number of aryl methyl sites for hydroxylation is 1. The lowest BCUT2D eigenvalue weighted by molar-refractivity contribution is 0.768. The number of halogens is 1. The lowest BCUT2D eigenvalue weighted by atomic mass is 10.1. The third-order valence-electron chi connectivity index (χ3n) is 3.10. The molecule has 6 heteroatoms. The number of nitrogens with zero attached hydrogens (tertiary/aromatic N) is 4. The predicted molar refractivity (Wildman–Crippen MR) is 85.6 cm³/mol. The van der Waals surface area contributed by atoms with Crippen molar-refractivity contribution in [3.8, 4) is 11.3 Å². The first-order valence-corrected chi connectivity index (χ1v) is 7.27. The van der Waals surface area contributed by atoms with Gasteiger partial charge in [0.1, 0.15) is 11.6 Å². The van der Waals surface area contributed by atoms with Crippen LogP contribution in [-0.2, 0) is 13.5 Å². The van der Waals surface area contributed by atoms with Crippen LogP contribution >= 0.6 is 15.9 Å². The van der Waals surface area contributed by atoms with E-state index in [-0.39, 0.29) is 0 Å². The van der Waals surface area contributed by atoms with Crippen LogP contribution in [0.15, 0.2) is 47.2 Å². The van der Waals surface area contributed by atoms with E-state index in [1.54, 1.807) is 16.9 Å². The number of aromatic nitrogens is 4. The number of nitrogens with two attached hydrogens (primary N) is 1. The first kappa shape index (κ1) is 13.8. The Labute approximate surface area is 131 Å². The van der Waals surface area contributed by atoms with E-state index in [2.05, 4.69) is 31.0 Å². The minimum absolute atomic E-state index is 0.464. The van der Waals surface area contributed by atoms with Gasteiger partial charge in [-0.1, -0.05) is 34.1 Å². The van der Waals surface area contributed by atoms with Gasteiger partial charge in [0.25, 0.3) is 0 Å². The lowest BCUT2D eigenvalue weighted by Crippen LogP contribution is -2.02. The molecule has 1 aromatic carbocycles. The van der Waals surface area contributed by atoms with Crippen LogP contribution in [0.3, 0.4) is 0 Å². The van der Waals surface area contributed by atoms with Crippen LogP contribution in [0.1, 0.15) is 11.4 Å². The van der Waals surface area contributed by atoms with Crippen LogP contribution in [0.4, 0.5) is 5.82 Å². The Morgan fingerprint density at radius 3 is 2.76 bits per heavy atom. The van der Waals surface area contributed by atoms with E-state index in [1.807, 2.05) is 37.5 Å². The van der Waals surface area contributed by atoms with Crippen molar-refractivity contribution in [3.05, 3.63) is 58.6 Å². The van der Waals surface area contributed by atoms with Gasteiger partial charge in [-0.05, 0) is 11.6 Å². The van der Waals surface area contributed by atoms with Gasteiger partial charge in [0.2, 0.25) is 0 Å². The molecular weight excluding hydrogens is 330 g/mol. The zero-order valence-corrected chi connectivity index (χ0v) is 13.1. The van der Waals surface area contributed by atoms with Crippen molar-refractivity contribution in [2.45, 2.75) is 6.42 Å². The molecule has 3 rings (SSSR count). The molecule has 0 spiro atoms. The largest absolute Gasteiger partial charge is 0.384 e. The van der Waals surface area contributed by atoms with Gasteiger partial charge in [0.15, 0.2) is 0 Å². The normalized spacial score (nSPS) is 10.8. The molecule has 106 valence electrons. The molecule has 0 fully saturated rings. The summed E-state index contributed by atoms with van der Waals surface area (Å²) in [5.41, 5.74) is 8.75. The van der Waals surface area contributed by atoms with Gasteiger partial charge < -0.3 is 5.73 Å². The molecule has 0 saturated carbocycles. The van der Waals surface area contributed by atoms with E-state index >= 15 is 0 Å². The van der Waals surface area contributed by atoms with Crippen LogP contribution in [0.5, 0.6) is 0 Å². The molecule has 0 aliphatic carbocycles. The summed E-state index contributed by atoms with van der Waals surface area (Å²) in [7, 11) is 1.87. The highest BCUT2D eigenvalue weighted by Gasteiger charge is 2.09. The summed E-state index contributed by atoms with van der Waals surface area (Å²) in [6, 6.07) is 9.79. The van der Waals surface area contributed by atoms with Crippen LogP contribution in [0.25, 0.3) is 11.3 Å². The van der Waals surface area contributed by atoms with Gasteiger partial charge in [-0.3, -0.25) is 4.68 Å². The van der Waals surface area contributed by atoms with Crippen molar-refractivity contribution >= 4 is 21.7 Å². The zero-order chi connectivity index (χ0) is 14.8. The van der Waals surface area contributed by atoms with Crippen molar-refractivity contribution in [3.63, 3.8) is 0 Å². The number of hydrogen-bond donors (Lipinski definition) is 1. The summed E-state index contributed by atoms with van der Waals surface area (Å²) >= 11 is 3.54. The molecule has 0 amide bonds. The Bertz CT molecular complexity index is 781. The standard InChI is InChI=1S/C15H14BrN5/c1-21-9-11(8-18-21)13-7-14(17)20-15(19-13)6-10-4-2-3-5-12(10)16/h2-5,7-9H,6H2,1H3,(H2,17,19,20). The molecule has 0 radical (unpaired) electrons. The number of benzene rings is 1. The first-order valence-electron chi connectivity index (χ1n) is 6.47. The summed E-state index contributed by atoms with van der Waals surface area (Å²) in [6.45, 7) is 0. The van der Waals surface area contributed by atoms with Crippen LogP contribution in [-0.4, -0.2) is 19.7 Å². The molecule has 3 aromatic rings. The molecule has 2 heterocycles. The van der Waals surface area contributed by atoms with E-state index in [1.165, 1.54) is 0 Å². The van der Waals surface area contributed by atoms with Crippen molar-refractivity contribution < 1.29 is 0 Å². The molecule has 2 N–H and O–H groups in total. The molecule has 5 nitrogen and oxygen atoms in total. The second kappa shape index (κ2) is 5.65. The predicted octanol–water partition coefficient (Wildman–Crippen LogP) is 2.81. The monoisotopic (exact) mass is 343 g/mol. The number of hydrogen-bond acceptors (Lipinski definition) is 4. The molecule has 0 aliphatic rings. The van der Waals surface area contributed by atoms with Crippen molar-refractivity contribution in [2.24, 2.45) is 7.05 Å². The summed E-state index contributed by atoms with van der Waals surface area (Å²) in [4.78, 5) is 8.91. The Kier molecular flexibility index (Phi) is 3.70. The van der Waals surface area contributed by atoms with Crippen molar-refractivity contribution in [2.75, 3.05) is 5.73 Å². The molecule has 0 atom stereocenters. The minimum Gasteiger partial charge on any atom is -0.384 e. The van der Waals surface area contributed by atoms with E-state index in [9.17, 15) is 0 Å². The first-order chi connectivity index (χ1) is 10.1. The Hall–Kier alpha value is -2.21. The molecule has 0 aliphatic heterocycles. The third-order valence-corrected chi connectivity index (χ3v) is 3.87. The quantitative estimate of drug-likeness (QED) is 0.793. The van der Waals surface area contributed by atoms with Gasteiger partial charge >= 0.3 is 0 Å². The Morgan fingerprint density at radius 1 is 1.24 bits per heavy atom. The molecule has 0 saturated heterocycles. The fraction of sp³-hybridized carbons (Fsp3) is 0.133. The topological polar surface area (TPSA) is 69.6 Å². The maximum absolute atomic E-state index is 5.91. The number of nitrogen functional groups attached to an aromatic ring is 1. The molecule has 0 unspecified atom stereocenters. The second-order valence-corrected chi connectivity index (χ2v) is 5.62. The molecule has 2 aromatic heterocycles. The van der Waals surface area contributed by atoms with Crippen LogP contribution in [0.2, 0.25) is 0 Å². The van der Waals surface area contributed by atoms with E-state index in [0.29, 0.717) is 18.1 Å². The summed E-state index contributed by atoms with van der Waals surface area (Å²) in [6.07, 6.45) is 4.30. The van der Waals surface area contributed by atoms with Crippen molar-refractivity contribution in [1.82, 2.24) is 19.7 Å². The molecule has 21 heavy (non-hydrogen) atoms. The van der Waals surface area contributed by atoms with E-state index in [0.717, 1.165) is 21.3 Å². The van der Waals surface area contributed by atoms with E-state index in [4.69, 9.17) is 5.73 Å². The average Bonchev–Trinajstić information content (AvgIpc) is 2.88. The zero-order valence-electron chi connectivity index (χ0n) is 11.5. The van der Waals surface area contributed by atoms with Gasteiger partial charge in [-0.25, -0.2) is 9.97 Å². The van der Waals surface area contributed by atoms with Crippen molar-refractivity contribution in [1.29, 1.82) is 0 Å². The highest BCUT2D eigenvalue weighted by Crippen LogP contribution is 2.21. The highest BCUT2D eigenvalue weighted by atomic mass is 79.9. The van der Waals surface area contributed by atoms with Crippen LogP contribution in [0, 0.1) is 0 Å². The van der Waals surface area contributed by atoms with Crippen LogP contribution < -0.4 is 5.73 Å². The van der Waals surface area contributed by atoms with Gasteiger partial charge in [0.05, 0.1) is 11.9 Å². The summed E-state index contributed by atoms with van der Waals surface area (Å²) in [5.74, 6) is 1.16. The highest BCUT2D eigenvalue weighted by molar-refractivity contribution is 9.10. The van der Waals surface area contributed by atoms with E-state index < -0.39 is 0 Å². The fourth-order valence-corrected chi connectivity index (χ4v) is 2.54. The molecular formula is C15H14BrN5. The lowest BCUT2D eigenvalue weighted by Gasteiger charge is -2.06. The molecule has 0 bridgehead atoms. The fourth-order valence-electron chi connectivity index (χ4n) is 2.11. The average molecular weight is 344 g/mol. The third kappa shape index (κ3) is 3.11.